The molecule has 0 radical (unpaired) electrons. The van der Waals surface area contributed by atoms with E-state index in [2.05, 4.69) is 68.9 Å². The fourth-order valence-corrected chi connectivity index (χ4v) is 3.50. The van der Waals surface area contributed by atoms with Gasteiger partial charge in [-0.2, -0.15) is 0 Å². The van der Waals surface area contributed by atoms with Gasteiger partial charge in [0, 0.05) is 22.7 Å². The van der Waals surface area contributed by atoms with Crippen LogP contribution in [-0.4, -0.2) is 6.54 Å². The Labute approximate surface area is 140 Å². The number of hydrogen-bond donors (Lipinski definition) is 2. The van der Waals surface area contributed by atoms with Crippen molar-refractivity contribution in [1.29, 1.82) is 0 Å². The minimum Gasteiger partial charge on any atom is -0.381 e. The molecule has 1 aliphatic rings. The van der Waals surface area contributed by atoms with Gasteiger partial charge in [0.15, 0.2) is 0 Å². The van der Waals surface area contributed by atoms with Crippen molar-refractivity contribution in [3.05, 3.63) is 63.6 Å². The van der Waals surface area contributed by atoms with Gasteiger partial charge in [-0.1, -0.05) is 46.1 Å². The lowest BCUT2D eigenvalue weighted by molar-refractivity contribution is 0.568. The van der Waals surface area contributed by atoms with Crippen LogP contribution in [0.1, 0.15) is 29.2 Å². The molecule has 0 aromatic heterocycles. The van der Waals surface area contributed by atoms with E-state index in [-0.39, 0.29) is 0 Å². The van der Waals surface area contributed by atoms with Gasteiger partial charge in [0.2, 0.25) is 0 Å². The van der Waals surface area contributed by atoms with E-state index in [4.69, 9.17) is 6.42 Å². The summed E-state index contributed by atoms with van der Waals surface area (Å²) >= 11 is 3.52. The summed E-state index contributed by atoms with van der Waals surface area (Å²) in [5.74, 6) is 2.66. The summed E-state index contributed by atoms with van der Waals surface area (Å²) in [6.07, 6.45) is 7.57. The van der Waals surface area contributed by atoms with Gasteiger partial charge in [-0.25, -0.2) is 0 Å². The second kappa shape index (κ2) is 7.00. The molecule has 0 aliphatic heterocycles. The predicted octanol–water partition coefficient (Wildman–Crippen LogP) is 4.27. The molecule has 2 N–H and O–H groups in total. The molecule has 0 amide bonds. The first-order valence-electron chi connectivity index (χ1n) is 7.55. The third-order valence-corrected chi connectivity index (χ3v) is 4.59. The highest BCUT2D eigenvalue weighted by Gasteiger charge is 2.23. The summed E-state index contributed by atoms with van der Waals surface area (Å²) in [5.41, 5.74) is 5.32. The van der Waals surface area contributed by atoms with Crippen molar-refractivity contribution in [1.82, 2.24) is 5.32 Å². The van der Waals surface area contributed by atoms with Crippen LogP contribution in [0.2, 0.25) is 0 Å². The number of terminal acetylenes is 1. The van der Waals surface area contributed by atoms with Gasteiger partial charge in [-0.3, -0.25) is 5.32 Å². The maximum atomic E-state index is 5.35. The minimum absolute atomic E-state index is 0.388. The van der Waals surface area contributed by atoms with Crippen LogP contribution in [0.4, 0.5) is 5.69 Å². The van der Waals surface area contributed by atoms with E-state index >= 15 is 0 Å². The van der Waals surface area contributed by atoms with Gasteiger partial charge in [0.1, 0.15) is 0 Å². The molecule has 0 saturated heterocycles. The largest absolute Gasteiger partial charge is 0.381 e. The van der Waals surface area contributed by atoms with Crippen LogP contribution in [-0.2, 0) is 13.0 Å². The molecule has 2 aromatic carbocycles. The zero-order valence-corrected chi connectivity index (χ0v) is 14.0. The van der Waals surface area contributed by atoms with Crippen molar-refractivity contribution in [3.63, 3.8) is 0 Å². The molecular weight excluding hydrogens is 336 g/mol. The lowest BCUT2D eigenvalue weighted by Gasteiger charge is -2.14. The quantitative estimate of drug-likeness (QED) is 0.783. The Morgan fingerprint density at radius 2 is 2.09 bits per heavy atom. The monoisotopic (exact) mass is 354 g/mol. The first kappa shape index (κ1) is 15.1. The molecule has 3 heteroatoms. The van der Waals surface area contributed by atoms with E-state index in [1.54, 1.807) is 0 Å². The van der Waals surface area contributed by atoms with Crippen LogP contribution >= 0.6 is 15.9 Å². The number of halogens is 1. The van der Waals surface area contributed by atoms with Gasteiger partial charge in [-0.05, 0) is 47.7 Å². The van der Waals surface area contributed by atoms with Crippen molar-refractivity contribution in [2.45, 2.75) is 25.4 Å². The number of fused-ring (bicyclic) bond motifs is 1. The lowest BCUT2D eigenvalue weighted by Crippen LogP contribution is -2.19. The van der Waals surface area contributed by atoms with Crippen LogP contribution in [0.3, 0.4) is 0 Å². The number of nitrogens with one attached hydrogen (secondary N) is 2. The van der Waals surface area contributed by atoms with E-state index in [0.29, 0.717) is 12.6 Å². The fraction of sp³-hybridized carbons (Fsp3) is 0.263. The maximum Gasteiger partial charge on any atom is 0.0578 e. The molecule has 1 unspecified atom stereocenters. The second-order valence-electron chi connectivity index (χ2n) is 5.53. The van der Waals surface area contributed by atoms with E-state index in [1.807, 2.05) is 6.07 Å². The molecule has 2 aromatic rings. The van der Waals surface area contributed by atoms with Crippen LogP contribution < -0.4 is 10.6 Å². The van der Waals surface area contributed by atoms with E-state index in [0.717, 1.165) is 23.9 Å². The molecule has 112 valence electrons. The summed E-state index contributed by atoms with van der Waals surface area (Å²) in [6.45, 7) is 1.46. The summed E-state index contributed by atoms with van der Waals surface area (Å²) in [5, 5.41) is 7.00. The Morgan fingerprint density at radius 1 is 1.23 bits per heavy atom. The first-order chi connectivity index (χ1) is 10.8. The molecule has 3 rings (SSSR count). The van der Waals surface area contributed by atoms with Crippen LogP contribution in [0.5, 0.6) is 0 Å². The molecule has 0 spiro atoms. The average Bonchev–Trinajstić information content (AvgIpc) is 2.95. The van der Waals surface area contributed by atoms with Gasteiger partial charge < -0.3 is 5.32 Å². The van der Waals surface area contributed by atoms with Crippen molar-refractivity contribution in [2.24, 2.45) is 0 Å². The molecule has 0 bridgehead atoms. The Bertz CT molecular complexity index is 703. The van der Waals surface area contributed by atoms with Crippen LogP contribution in [0, 0.1) is 12.3 Å². The molecule has 1 aliphatic carbocycles. The van der Waals surface area contributed by atoms with E-state index < -0.39 is 0 Å². The van der Waals surface area contributed by atoms with E-state index in [9.17, 15) is 0 Å². The second-order valence-corrected chi connectivity index (χ2v) is 6.45. The molecule has 22 heavy (non-hydrogen) atoms. The smallest absolute Gasteiger partial charge is 0.0578 e. The zero-order valence-electron chi connectivity index (χ0n) is 12.4. The van der Waals surface area contributed by atoms with Gasteiger partial charge in [-0.15, -0.1) is 6.42 Å². The number of anilines is 1. The normalized spacial score (nSPS) is 16.1. The first-order valence-corrected chi connectivity index (χ1v) is 8.34. The molecule has 0 heterocycles. The number of rotatable bonds is 5. The van der Waals surface area contributed by atoms with E-state index in [1.165, 1.54) is 22.4 Å². The molecule has 2 nitrogen and oxygen atoms in total. The van der Waals surface area contributed by atoms with Crippen molar-refractivity contribution in [3.8, 4) is 12.3 Å². The molecule has 0 fully saturated rings. The van der Waals surface area contributed by atoms with Crippen LogP contribution in [0.15, 0.2) is 46.9 Å². The Hall–Kier alpha value is -1.76. The maximum absolute atomic E-state index is 5.35. The van der Waals surface area contributed by atoms with Gasteiger partial charge in [0.05, 0.1) is 6.54 Å². The summed E-state index contributed by atoms with van der Waals surface area (Å²) in [7, 11) is 0. The van der Waals surface area contributed by atoms with Gasteiger partial charge >= 0.3 is 0 Å². The Balaban J connectivity index is 1.73. The average molecular weight is 355 g/mol. The fourth-order valence-electron chi connectivity index (χ4n) is 3.06. The highest BCUT2D eigenvalue weighted by molar-refractivity contribution is 9.10. The molecule has 0 saturated carbocycles. The summed E-state index contributed by atoms with van der Waals surface area (Å²) in [6, 6.07) is 15.3. The molecular formula is C19H19BrN2. The Kier molecular flexibility index (Phi) is 4.82. The highest BCUT2D eigenvalue weighted by atomic mass is 79.9. The SMILES string of the molecule is C#CCNC1CCc2c(NCc3cccc(Br)c3)cccc21. The summed E-state index contributed by atoms with van der Waals surface area (Å²) < 4.78 is 1.11. The standard InChI is InChI=1S/C19H19BrN2/c1-2-11-21-19-10-9-17-16(19)7-4-8-18(17)22-13-14-5-3-6-15(20)12-14/h1,3-8,12,19,21-22H,9-11,13H2. The number of hydrogen-bond acceptors (Lipinski definition) is 2. The molecule has 1 atom stereocenters. The number of benzene rings is 2. The Morgan fingerprint density at radius 3 is 2.91 bits per heavy atom. The van der Waals surface area contributed by atoms with Gasteiger partial charge in [0.25, 0.3) is 0 Å². The zero-order chi connectivity index (χ0) is 15.4. The summed E-state index contributed by atoms with van der Waals surface area (Å²) in [4.78, 5) is 0. The van der Waals surface area contributed by atoms with Crippen molar-refractivity contribution < 1.29 is 0 Å². The van der Waals surface area contributed by atoms with Crippen molar-refractivity contribution >= 4 is 21.6 Å². The van der Waals surface area contributed by atoms with Crippen molar-refractivity contribution in [2.75, 3.05) is 11.9 Å². The predicted molar refractivity (Wildman–Crippen MR) is 95.8 cm³/mol. The third-order valence-electron chi connectivity index (χ3n) is 4.09. The highest BCUT2D eigenvalue weighted by Crippen LogP contribution is 2.35. The van der Waals surface area contributed by atoms with Crippen LogP contribution in [0.25, 0.3) is 0 Å². The third kappa shape index (κ3) is 3.35. The topological polar surface area (TPSA) is 24.1 Å². The lowest BCUT2D eigenvalue weighted by atomic mass is 10.1. The minimum atomic E-state index is 0.388.